The Morgan fingerprint density at radius 2 is 1.65 bits per heavy atom. The first-order valence-corrected chi connectivity index (χ1v) is 11.6. The Bertz CT molecular complexity index is 808. The molecule has 0 aromatic heterocycles. The second-order valence-corrected chi connectivity index (χ2v) is 11.3. The molecular weight excluding hydrogens is 346 g/mol. The molecule has 1 aromatic rings. The van der Waals surface area contributed by atoms with Crippen LogP contribution < -0.4 is 0 Å². The van der Waals surface area contributed by atoms with Gasteiger partial charge in [0.15, 0.2) is 9.84 Å². The van der Waals surface area contributed by atoms with E-state index in [0.717, 1.165) is 29.9 Å². The van der Waals surface area contributed by atoms with E-state index >= 15 is 0 Å². The van der Waals surface area contributed by atoms with E-state index in [1.165, 1.54) is 44.8 Å². The summed E-state index contributed by atoms with van der Waals surface area (Å²) in [6, 6.07) is 4.87. The van der Waals surface area contributed by atoms with Gasteiger partial charge in [0.2, 0.25) is 0 Å². The number of sulfone groups is 1. The molecule has 4 nitrogen and oxygen atoms in total. The van der Waals surface area contributed by atoms with Crippen molar-refractivity contribution >= 4 is 15.7 Å². The molecule has 0 unspecified atom stereocenters. The number of rotatable bonds is 4. The van der Waals surface area contributed by atoms with Gasteiger partial charge in [0.25, 0.3) is 5.91 Å². The fraction of sp³-hybridized carbons (Fsp3) is 0.667. The van der Waals surface area contributed by atoms with Crippen LogP contribution in [0, 0.1) is 30.1 Å². The van der Waals surface area contributed by atoms with Crippen LogP contribution in [0.1, 0.15) is 54.4 Å². The van der Waals surface area contributed by atoms with Gasteiger partial charge >= 0.3 is 0 Å². The number of amides is 1. The molecule has 0 spiro atoms. The van der Waals surface area contributed by atoms with Crippen LogP contribution in [0.2, 0.25) is 0 Å². The first-order chi connectivity index (χ1) is 12.2. The highest BCUT2D eigenvalue weighted by Crippen LogP contribution is 2.60. The molecule has 5 heteroatoms. The molecule has 4 fully saturated rings. The molecule has 4 bridgehead atoms. The lowest BCUT2D eigenvalue weighted by Gasteiger charge is -2.57. The van der Waals surface area contributed by atoms with Gasteiger partial charge in [-0.2, -0.15) is 0 Å². The summed E-state index contributed by atoms with van der Waals surface area (Å²) < 4.78 is 23.7. The van der Waals surface area contributed by atoms with E-state index in [4.69, 9.17) is 0 Å². The van der Waals surface area contributed by atoms with Crippen LogP contribution in [-0.2, 0) is 9.84 Å². The molecule has 0 saturated heterocycles. The maximum atomic E-state index is 13.1. The van der Waals surface area contributed by atoms with Crippen molar-refractivity contribution in [2.45, 2.75) is 50.3 Å². The Hall–Kier alpha value is -1.36. The van der Waals surface area contributed by atoms with Crippen molar-refractivity contribution < 1.29 is 13.2 Å². The maximum absolute atomic E-state index is 13.1. The smallest absolute Gasteiger partial charge is 0.253 e. The van der Waals surface area contributed by atoms with Crippen LogP contribution in [0.25, 0.3) is 0 Å². The summed E-state index contributed by atoms with van der Waals surface area (Å²) in [5.41, 5.74) is 1.64. The van der Waals surface area contributed by atoms with Gasteiger partial charge < -0.3 is 4.90 Å². The number of hydrogen-bond acceptors (Lipinski definition) is 3. The fourth-order valence-electron chi connectivity index (χ4n) is 6.33. The van der Waals surface area contributed by atoms with Gasteiger partial charge in [-0.1, -0.05) is 6.07 Å². The van der Waals surface area contributed by atoms with E-state index in [2.05, 4.69) is 0 Å². The van der Waals surface area contributed by atoms with Crippen molar-refractivity contribution in [3.05, 3.63) is 29.3 Å². The molecule has 4 aliphatic rings. The number of carbonyl (C=O) groups is 1. The Morgan fingerprint density at radius 3 is 2.15 bits per heavy atom. The minimum absolute atomic E-state index is 0.0521. The fourth-order valence-corrected chi connectivity index (χ4v) is 6.97. The van der Waals surface area contributed by atoms with Gasteiger partial charge in [0.1, 0.15) is 0 Å². The quantitative estimate of drug-likeness (QED) is 0.806. The summed E-state index contributed by atoms with van der Waals surface area (Å²) in [7, 11) is -1.43. The van der Waals surface area contributed by atoms with Crippen LogP contribution in [0.3, 0.4) is 0 Å². The van der Waals surface area contributed by atoms with Crippen molar-refractivity contribution in [2.24, 2.45) is 23.2 Å². The molecular formula is C21H29NO3S. The zero-order chi connectivity index (χ0) is 18.7. The summed E-state index contributed by atoms with van der Waals surface area (Å²) in [5, 5.41) is 0. The van der Waals surface area contributed by atoms with E-state index < -0.39 is 9.84 Å². The minimum atomic E-state index is -3.32. The summed E-state index contributed by atoms with van der Waals surface area (Å²) in [4.78, 5) is 15.2. The highest BCUT2D eigenvalue weighted by atomic mass is 32.2. The summed E-state index contributed by atoms with van der Waals surface area (Å²) in [6.45, 7) is 2.68. The molecule has 0 N–H and O–H groups in total. The molecule has 5 rings (SSSR count). The third-order valence-corrected chi connectivity index (χ3v) is 8.06. The Labute approximate surface area is 156 Å². The highest BCUT2D eigenvalue weighted by molar-refractivity contribution is 7.90. The summed E-state index contributed by atoms with van der Waals surface area (Å²) in [5.74, 6) is 2.53. The Kier molecular flexibility index (Phi) is 4.22. The van der Waals surface area contributed by atoms with Crippen molar-refractivity contribution in [3.8, 4) is 0 Å². The minimum Gasteiger partial charge on any atom is -0.341 e. The number of nitrogens with zero attached hydrogens (tertiary/aromatic N) is 1. The zero-order valence-electron chi connectivity index (χ0n) is 16.0. The first-order valence-electron chi connectivity index (χ1n) is 9.71. The molecule has 26 heavy (non-hydrogen) atoms. The summed E-state index contributed by atoms with van der Waals surface area (Å²) in [6.07, 6.45) is 9.16. The second-order valence-electron chi connectivity index (χ2n) is 9.33. The predicted molar refractivity (Wildman–Crippen MR) is 102 cm³/mol. The molecule has 1 aromatic carbocycles. The standard InChI is InChI=1S/C21H29NO3S/c1-14-4-5-18(26(3,24)25)9-19(14)20(23)22(2)13-21-10-15-6-16(11-21)8-17(7-15)12-21/h4-5,9,15-17H,6-8,10-13H2,1-3H3. The van der Waals surface area contributed by atoms with E-state index in [1.807, 2.05) is 18.9 Å². The number of hydrogen-bond donors (Lipinski definition) is 0. The van der Waals surface area contributed by atoms with E-state index in [1.54, 1.807) is 18.2 Å². The first kappa shape index (κ1) is 18.0. The molecule has 4 aliphatic carbocycles. The lowest BCUT2D eigenvalue weighted by molar-refractivity contribution is -0.0629. The zero-order valence-corrected chi connectivity index (χ0v) is 16.8. The Morgan fingerprint density at radius 1 is 1.12 bits per heavy atom. The topological polar surface area (TPSA) is 54.5 Å². The lowest BCUT2D eigenvalue weighted by Crippen LogP contribution is -2.51. The molecule has 4 saturated carbocycles. The average molecular weight is 376 g/mol. The van der Waals surface area contributed by atoms with Crippen LogP contribution >= 0.6 is 0 Å². The number of aryl methyl sites for hydroxylation is 1. The molecule has 1 amide bonds. The third kappa shape index (κ3) is 3.19. The third-order valence-electron chi connectivity index (χ3n) is 6.95. The molecule has 0 radical (unpaired) electrons. The Balaban J connectivity index is 1.56. The monoisotopic (exact) mass is 375 g/mol. The van der Waals surface area contributed by atoms with Crippen LogP contribution in [-0.4, -0.2) is 39.1 Å². The average Bonchev–Trinajstić information content (AvgIpc) is 2.51. The van der Waals surface area contributed by atoms with Crippen molar-refractivity contribution in [2.75, 3.05) is 19.8 Å². The predicted octanol–water partition coefficient (Wildman–Crippen LogP) is 3.69. The van der Waals surface area contributed by atoms with Crippen LogP contribution in [0.15, 0.2) is 23.1 Å². The van der Waals surface area contributed by atoms with Crippen molar-refractivity contribution in [1.29, 1.82) is 0 Å². The van der Waals surface area contributed by atoms with Gasteiger partial charge in [0.05, 0.1) is 4.90 Å². The molecule has 142 valence electrons. The highest BCUT2D eigenvalue weighted by Gasteiger charge is 2.51. The molecule has 0 heterocycles. The van der Waals surface area contributed by atoms with Crippen LogP contribution in [0.4, 0.5) is 0 Å². The second kappa shape index (κ2) is 6.08. The van der Waals surface area contributed by atoms with Gasteiger partial charge in [0, 0.05) is 25.4 Å². The van der Waals surface area contributed by atoms with E-state index in [0.29, 0.717) is 11.0 Å². The van der Waals surface area contributed by atoms with Gasteiger partial charge in [-0.15, -0.1) is 0 Å². The summed E-state index contributed by atoms with van der Waals surface area (Å²) >= 11 is 0. The maximum Gasteiger partial charge on any atom is 0.253 e. The lowest BCUT2D eigenvalue weighted by atomic mass is 9.49. The van der Waals surface area contributed by atoms with Crippen molar-refractivity contribution in [3.63, 3.8) is 0 Å². The molecule has 0 atom stereocenters. The van der Waals surface area contributed by atoms with Crippen molar-refractivity contribution in [1.82, 2.24) is 4.90 Å². The normalized spacial score (nSPS) is 32.7. The van der Waals surface area contributed by atoms with Gasteiger partial charge in [-0.05, 0) is 86.3 Å². The largest absolute Gasteiger partial charge is 0.341 e. The van der Waals surface area contributed by atoms with E-state index in [-0.39, 0.29) is 10.8 Å². The SMILES string of the molecule is Cc1ccc(S(C)(=O)=O)cc1C(=O)N(C)CC12CC3CC(CC(C3)C1)C2. The van der Waals surface area contributed by atoms with Gasteiger partial charge in [-0.25, -0.2) is 8.42 Å². The number of benzene rings is 1. The van der Waals surface area contributed by atoms with Gasteiger partial charge in [-0.3, -0.25) is 4.79 Å². The van der Waals surface area contributed by atoms with E-state index in [9.17, 15) is 13.2 Å². The molecule has 0 aliphatic heterocycles. The number of carbonyl (C=O) groups excluding carboxylic acids is 1. The van der Waals surface area contributed by atoms with Crippen LogP contribution in [0.5, 0.6) is 0 Å².